The highest BCUT2D eigenvalue weighted by Gasteiger charge is 2.13. The first-order valence-electron chi connectivity index (χ1n) is 8.81. The van der Waals surface area contributed by atoms with Crippen LogP contribution < -0.4 is 20.1 Å². The van der Waals surface area contributed by atoms with Crippen LogP contribution in [0.5, 0.6) is 11.5 Å². The molecule has 1 aliphatic heterocycles. The minimum Gasteiger partial charge on any atom is -0.486 e. The third kappa shape index (κ3) is 5.62. The Morgan fingerprint density at radius 1 is 1.00 bits per heavy atom. The summed E-state index contributed by atoms with van der Waals surface area (Å²) >= 11 is 6.09. The fraction of sp³-hybridized carbons (Fsp3) is 0.300. The highest BCUT2D eigenvalue weighted by atomic mass is 35.5. The van der Waals surface area contributed by atoms with E-state index in [9.17, 15) is 9.59 Å². The number of rotatable bonds is 7. The van der Waals surface area contributed by atoms with Gasteiger partial charge in [0.15, 0.2) is 11.5 Å². The van der Waals surface area contributed by atoms with E-state index in [4.69, 9.17) is 21.1 Å². The molecule has 0 aromatic heterocycles. The molecule has 6 nitrogen and oxygen atoms in total. The van der Waals surface area contributed by atoms with E-state index in [2.05, 4.69) is 10.6 Å². The molecule has 0 aliphatic carbocycles. The van der Waals surface area contributed by atoms with Crippen LogP contribution in [0, 0.1) is 0 Å². The topological polar surface area (TPSA) is 76.7 Å². The third-order valence-electron chi connectivity index (χ3n) is 4.08. The minimum absolute atomic E-state index is 0.0840. The van der Waals surface area contributed by atoms with Gasteiger partial charge in [-0.05, 0) is 36.6 Å². The molecule has 1 heterocycles. The molecule has 0 saturated heterocycles. The Labute approximate surface area is 162 Å². The van der Waals surface area contributed by atoms with Crippen LogP contribution in [0.2, 0.25) is 5.02 Å². The molecule has 2 aromatic carbocycles. The molecule has 2 N–H and O–H groups in total. The van der Waals surface area contributed by atoms with Crippen molar-refractivity contribution in [1.29, 1.82) is 0 Å². The average Bonchev–Trinajstić information content (AvgIpc) is 2.68. The quantitative estimate of drug-likeness (QED) is 0.763. The van der Waals surface area contributed by atoms with Gasteiger partial charge in [-0.2, -0.15) is 0 Å². The second-order valence-corrected chi connectivity index (χ2v) is 6.54. The molecule has 2 aromatic rings. The van der Waals surface area contributed by atoms with Crippen LogP contribution in [0.4, 0.5) is 5.69 Å². The second kappa shape index (κ2) is 9.28. The molecule has 0 saturated carbocycles. The maximum atomic E-state index is 12.0. The highest BCUT2D eigenvalue weighted by molar-refractivity contribution is 6.31. The number of anilines is 1. The van der Waals surface area contributed by atoms with E-state index in [0.717, 1.165) is 12.0 Å². The lowest BCUT2D eigenvalue weighted by atomic mass is 10.1. The Kier molecular flexibility index (Phi) is 6.54. The van der Waals surface area contributed by atoms with Crippen molar-refractivity contribution in [1.82, 2.24) is 5.32 Å². The average molecular weight is 389 g/mol. The Bertz CT molecular complexity index is 825. The van der Waals surface area contributed by atoms with Crippen molar-refractivity contribution in [2.24, 2.45) is 0 Å². The van der Waals surface area contributed by atoms with Gasteiger partial charge in [-0.25, -0.2) is 0 Å². The first-order valence-corrected chi connectivity index (χ1v) is 9.19. The molecule has 0 spiro atoms. The summed E-state index contributed by atoms with van der Waals surface area (Å²) in [4.78, 5) is 23.9. The summed E-state index contributed by atoms with van der Waals surface area (Å²) in [6, 6.07) is 12.8. The summed E-state index contributed by atoms with van der Waals surface area (Å²) in [5, 5.41) is 6.06. The molecule has 142 valence electrons. The zero-order valence-corrected chi connectivity index (χ0v) is 15.6. The van der Waals surface area contributed by atoms with Gasteiger partial charge in [-0.1, -0.05) is 29.8 Å². The number of hydrogen-bond acceptors (Lipinski definition) is 4. The number of nitrogens with one attached hydrogen (secondary N) is 2. The van der Waals surface area contributed by atoms with Gasteiger partial charge in [0.25, 0.3) is 0 Å². The van der Waals surface area contributed by atoms with Gasteiger partial charge in [0.05, 0.1) is 6.54 Å². The summed E-state index contributed by atoms with van der Waals surface area (Å²) in [5.41, 5.74) is 1.61. The molecule has 27 heavy (non-hydrogen) atoms. The number of halogens is 1. The van der Waals surface area contributed by atoms with Crippen molar-refractivity contribution in [3.8, 4) is 11.5 Å². The molecule has 0 fully saturated rings. The Morgan fingerprint density at radius 2 is 1.78 bits per heavy atom. The van der Waals surface area contributed by atoms with Crippen molar-refractivity contribution < 1.29 is 19.1 Å². The van der Waals surface area contributed by atoms with Crippen LogP contribution in [-0.4, -0.2) is 31.6 Å². The molecule has 2 amide bonds. The maximum absolute atomic E-state index is 12.0. The summed E-state index contributed by atoms with van der Waals surface area (Å²) in [6.45, 7) is 0.912. The number of ether oxygens (including phenoxy) is 2. The SMILES string of the molecule is O=C(CCCc1ccccc1Cl)NCC(=O)Nc1ccc2c(c1)OCCO2. The summed E-state index contributed by atoms with van der Waals surface area (Å²) in [5.74, 6) is 0.791. The number of benzene rings is 2. The van der Waals surface area contributed by atoms with Gasteiger partial charge in [0.1, 0.15) is 13.2 Å². The number of amides is 2. The molecule has 0 unspecified atom stereocenters. The molecular formula is C20H21ClN2O4. The molecule has 3 rings (SSSR count). The van der Waals surface area contributed by atoms with Gasteiger partial charge >= 0.3 is 0 Å². The fourth-order valence-electron chi connectivity index (χ4n) is 2.73. The first kappa shape index (κ1) is 19.0. The van der Waals surface area contributed by atoms with E-state index < -0.39 is 0 Å². The van der Waals surface area contributed by atoms with E-state index in [1.807, 2.05) is 24.3 Å². The van der Waals surface area contributed by atoms with Crippen LogP contribution in [0.3, 0.4) is 0 Å². The number of aryl methyl sites for hydroxylation is 1. The van der Waals surface area contributed by atoms with E-state index in [0.29, 0.717) is 48.3 Å². The van der Waals surface area contributed by atoms with E-state index in [-0.39, 0.29) is 18.4 Å². The van der Waals surface area contributed by atoms with Gasteiger partial charge in [-0.3, -0.25) is 9.59 Å². The van der Waals surface area contributed by atoms with Crippen molar-refractivity contribution in [3.63, 3.8) is 0 Å². The largest absolute Gasteiger partial charge is 0.486 e. The Balaban J connectivity index is 1.38. The summed E-state index contributed by atoms with van der Waals surface area (Å²) in [7, 11) is 0. The lowest BCUT2D eigenvalue weighted by Crippen LogP contribution is -2.32. The van der Waals surface area contributed by atoms with Gasteiger partial charge in [0.2, 0.25) is 11.8 Å². The monoisotopic (exact) mass is 388 g/mol. The molecule has 7 heteroatoms. The van der Waals surface area contributed by atoms with E-state index >= 15 is 0 Å². The molecule has 0 bridgehead atoms. The standard InChI is InChI=1S/C20H21ClN2O4/c21-16-6-2-1-4-14(16)5-3-7-19(24)22-13-20(25)23-15-8-9-17-18(12-15)27-11-10-26-17/h1-2,4,6,8-9,12H,3,5,7,10-11,13H2,(H,22,24)(H,23,25). The predicted molar refractivity (Wildman–Crippen MR) is 103 cm³/mol. The van der Waals surface area contributed by atoms with Crippen LogP contribution in [-0.2, 0) is 16.0 Å². The van der Waals surface area contributed by atoms with E-state index in [1.54, 1.807) is 18.2 Å². The lowest BCUT2D eigenvalue weighted by molar-refractivity contribution is -0.124. The Hall–Kier alpha value is -2.73. The van der Waals surface area contributed by atoms with Crippen LogP contribution in [0.1, 0.15) is 18.4 Å². The van der Waals surface area contributed by atoms with Crippen molar-refractivity contribution >= 4 is 29.1 Å². The maximum Gasteiger partial charge on any atom is 0.243 e. The van der Waals surface area contributed by atoms with Crippen molar-refractivity contribution in [2.45, 2.75) is 19.3 Å². The van der Waals surface area contributed by atoms with Crippen LogP contribution >= 0.6 is 11.6 Å². The smallest absolute Gasteiger partial charge is 0.243 e. The zero-order valence-electron chi connectivity index (χ0n) is 14.8. The normalized spacial score (nSPS) is 12.3. The molecule has 1 aliphatic rings. The molecular weight excluding hydrogens is 368 g/mol. The highest BCUT2D eigenvalue weighted by Crippen LogP contribution is 2.32. The lowest BCUT2D eigenvalue weighted by Gasteiger charge is -2.19. The number of carbonyl (C=O) groups is 2. The van der Waals surface area contributed by atoms with Crippen molar-refractivity contribution in [3.05, 3.63) is 53.1 Å². The zero-order chi connectivity index (χ0) is 19.1. The predicted octanol–water partition coefficient (Wildman–Crippen LogP) is 3.19. The van der Waals surface area contributed by atoms with Crippen LogP contribution in [0.15, 0.2) is 42.5 Å². The van der Waals surface area contributed by atoms with Gasteiger partial charge in [-0.15, -0.1) is 0 Å². The summed E-state index contributed by atoms with van der Waals surface area (Å²) < 4.78 is 10.9. The molecule has 0 atom stereocenters. The van der Waals surface area contributed by atoms with Gasteiger partial charge in [0, 0.05) is 23.2 Å². The summed E-state index contributed by atoms with van der Waals surface area (Å²) in [6.07, 6.45) is 1.72. The second-order valence-electron chi connectivity index (χ2n) is 6.13. The van der Waals surface area contributed by atoms with E-state index in [1.165, 1.54) is 0 Å². The Morgan fingerprint density at radius 3 is 2.59 bits per heavy atom. The number of hydrogen-bond donors (Lipinski definition) is 2. The number of fused-ring (bicyclic) bond motifs is 1. The minimum atomic E-state index is -0.300. The van der Waals surface area contributed by atoms with Crippen LogP contribution in [0.25, 0.3) is 0 Å². The van der Waals surface area contributed by atoms with Crippen molar-refractivity contribution in [2.75, 3.05) is 25.1 Å². The third-order valence-corrected chi connectivity index (χ3v) is 4.45. The first-order chi connectivity index (χ1) is 13.1. The molecule has 0 radical (unpaired) electrons. The fourth-order valence-corrected chi connectivity index (χ4v) is 2.96. The number of carbonyl (C=O) groups excluding carboxylic acids is 2. The van der Waals surface area contributed by atoms with Gasteiger partial charge < -0.3 is 20.1 Å².